The molecule has 1 heterocycles. The molecule has 0 unspecified atom stereocenters. The molecule has 0 fully saturated rings. The number of aliphatic carboxylic acids is 1. The lowest BCUT2D eigenvalue weighted by Crippen LogP contribution is -2.11. The van der Waals surface area contributed by atoms with Gasteiger partial charge in [-0.25, -0.2) is 9.78 Å². The zero-order valence-electron chi connectivity index (χ0n) is 14.3. The number of rotatable bonds is 9. The monoisotopic (exact) mass is 348 g/mol. The molecule has 1 N–H and O–H groups in total. The molecule has 0 aliphatic heterocycles. The van der Waals surface area contributed by atoms with Crippen molar-refractivity contribution >= 4 is 5.97 Å². The fraction of sp³-hybridized carbons (Fsp3) is 0.353. The number of methoxy groups -OCH3 is 3. The van der Waals surface area contributed by atoms with Crippen LogP contribution in [0, 0.1) is 0 Å². The summed E-state index contributed by atoms with van der Waals surface area (Å²) in [7, 11) is 4.51. The van der Waals surface area contributed by atoms with Crippen LogP contribution >= 0.6 is 0 Å². The number of carboxylic acid groups (broad SMARTS) is 1. The number of carbonyl (C=O) groups is 1. The molecular formula is C17H20N2O6. The quantitative estimate of drug-likeness (QED) is 0.731. The van der Waals surface area contributed by atoms with Gasteiger partial charge in [0, 0.05) is 6.07 Å². The van der Waals surface area contributed by atoms with Crippen LogP contribution in [-0.4, -0.2) is 49.0 Å². The van der Waals surface area contributed by atoms with Crippen molar-refractivity contribution in [2.45, 2.75) is 12.8 Å². The van der Waals surface area contributed by atoms with Gasteiger partial charge in [0.25, 0.3) is 0 Å². The summed E-state index contributed by atoms with van der Waals surface area (Å²) >= 11 is 0. The maximum Gasteiger partial charge on any atom is 0.341 e. The molecule has 1 aromatic carbocycles. The van der Waals surface area contributed by atoms with Gasteiger partial charge >= 0.3 is 12.0 Å². The van der Waals surface area contributed by atoms with E-state index in [-0.39, 0.29) is 6.01 Å². The molecule has 0 bridgehead atoms. The van der Waals surface area contributed by atoms with Gasteiger partial charge in [0.1, 0.15) is 0 Å². The van der Waals surface area contributed by atoms with Crippen molar-refractivity contribution in [1.82, 2.24) is 9.97 Å². The number of aryl methyl sites for hydroxylation is 2. The van der Waals surface area contributed by atoms with Crippen LogP contribution in [0.25, 0.3) is 0 Å². The average molecular weight is 348 g/mol. The minimum atomic E-state index is -1.05. The van der Waals surface area contributed by atoms with Crippen LogP contribution in [0.1, 0.15) is 11.3 Å². The SMILES string of the molecule is COc1cc(CCc2cccc(OC)c2OCC(=O)O)nc(OC)n1. The molecule has 0 saturated heterocycles. The van der Waals surface area contributed by atoms with Crippen LogP contribution in [0.3, 0.4) is 0 Å². The Kier molecular flexibility index (Phi) is 6.39. The Labute approximate surface area is 145 Å². The average Bonchev–Trinajstić information content (AvgIpc) is 2.64. The number of hydrogen-bond acceptors (Lipinski definition) is 7. The molecule has 0 saturated carbocycles. The summed E-state index contributed by atoms with van der Waals surface area (Å²) in [4.78, 5) is 19.1. The van der Waals surface area contributed by atoms with E-state index >= 15 is 0 Å². The number of nitrogens with zero attached hydrogens (tertiary/aromatic N) is 2. The molecule has 2 rings (SSSR count). The van der Waals surface area contributed by atoms with E-state index in [0.29, 0.717) is 30.2 Å². The molecule has 0 aliphatic carbocycles. The van der Waals surface area contributed by atoms with Crippen molar-refractivity contribution in [2.24, 2.45) is 0 Å². The fourth-order valence-electron chi connectivity index (χ4n) is 2.25. The van der Waals surface area contributed by atoms with E-state index in [4.69, 9.17) is 24.1 Å². The first kappa shape index (κ1) is 18.3. The highest BCUT2D eigenvalue weighted by Crippen LogP contribution is 2.32. The third kappa shape index (κ3) is 4.97. The largest absolute Gasteiger partial charge is 0.493 e. The molecule has 0 aliphatic rings. The lowest BCUT2D eigenvalue weighted by atomic mass is 10.1. The third-order valence-corrected chi connectivity index (χ3v) is 3.40. The fourth-order valence-corrected chi connectivity index (χ4v) is 2.25. The number of hydrogen-bond donors (Lipinski definition) is 1. The zero-order valence-corrected chi connectivity index (χ0v) is 14.3. The summed E-state index contributed by atoms with van der Waals surface area (Å²) in [5.74, 6) is 0.258. The standard InChI is InChI=1S/C17H20N2O6/c1-22-13-6-4-5-11(16(13)25-10-15(20)21)7-8-12-9-14(23-2)19-17(18-12)24-3/h4-6,9H,7-8,10H2,1-3H3,(H,20,21). The molecule has 2 aromatic rings. The Balaban J connectivity index is 2.21. The normalized spacial score (nSPS) is 10.2. The third-order valence-electron chi connectivity index (χ3n) is 3.40. The molecule has 25 heavy (non-hydrogen) atoms. The molecule has 0 amide bonds. The second-order valence-electron chi connectivity index (χ2n) is 5.02. The number of benzene rings is 1. The summed E-state index contributed by atoms with van der Waals surface area (Å²) in [6.07, 6.45) is 1.13. The Morgan fingerprint density at radius 2 is 1.88 bits per heavy atom. The second kappa shape index (κ2) is 8.72. The van der Waals surface area contributed by atoms with Gasteiger partial charge in [-0.3, -0.25) is 0 Å². The molecular weight excluding hydrogens is 328 g/mol. The van der Waals surface area contributed by atoms with Crippen molar-refractivity contribution < 1.29 is 28.8 Å². The molecule has 8 nitrogen and oxygen atoms in total. The van der Waals surface area contributed by atoms with Gasteiger partial charge in [-0.05, 0) is 24.5 Å². The number of para-hydroxylation sites is 1. The van der Waals surface area contributed by atoms with E-state index in [1.54, 1.807) is 12.1 Å². The summed E-state index contributed by atoms with van der Waals surface area (Å²) < 4.78 is 20.8. The first-order valence-corrected chi connectivity index (χ1v) is 7.53. The van der Waals surface area contributed by atoms with Gasteiger partial charge < -0.3 is 24.1 Å². The Bertz CT molecular complexity index is 713. The summed E-state index contributed by atoms with van der Waals surface area (Å²) in [5.41, 5.74) is 1.55. The second-order valence-corrected chi connectivity index (χ2v) is 5.02. The molecule has 8 heteroatoms. The van der Waals surface area contributed by atoms with E-state index < -0.39 is 12.6 Å². The molecule has 0 radical (unpaired) electrons. The predicted molar refractivity (Wildman–Crippen MR) is 88.7 cm³/mol. The number of aromatic nitrogens is 2. The van der Waals surface area contributed by atoms with Crippen molar-refractivity contribution in [3.05, 3.63) is 35.5 Å². The van der Waals surface area contributed by atoms with Gasteiger partial charge in [-0.15, -0.1) is 0 Å². The van der Waals surface area contributed by atoms with Crippen molar-refractivity contribution in [2.75, 3.05) is 27.9 Å². The summed E-state index contributed by atoms with van der Waals surface area (Å²) in [6, 6.07) is 7.35. The van der Waals surface area contributed by atoms with Crippen LogP contribution in [0.15, 0.2) is 24.3 Å². The van der Waals surface area contributed by atoms with Gasteiger partial charge in [0.2, 0.25) is 5.88 Å². The lowest BCUT2D eigenvalue weighted by Gasteiger charge is -2.14. The van der Waals surface area contributed by atoms with E-state index in [1.807, 2.05) is 12.1 Å². The van der Waals surface area contributed by atoms with Gasteiger partial charge in [-0.2, -0.15) is 4.98 Å². The van der Waals surface area contributed by atoms with Crippen LogP contribution in [0.4, 0.5) is 0 Å². The summed E-state index contributed by atoms with van der Waals surface area (Å²) in [6.45, 7) is -0.442. The Hall–Kier alpha value is -3.03. The highest BCUT2D eigenvalue weighted by molar-refractivity contribution is 5.68. The highest BCUT2D eigenvalue weighted by Gasteiger charge is 2.13. The molecule has 134 valence electrons. The zero-order chi connectivity index (χ0) is 18.2. The van der Waals surface area contributed by atoms with Gasteiger partial charge in [-0.1, -0.05) is 12.1 Å². The van der Waals surface area contributed by atoms with E-state index in [1.165, 1.54) is 21.3 Å². The molecule has 0 atom stereocenters. The first-order valence-electron chi connectivity index (χ1n) is 7.53. The maximum atomic E-state index is 10.8. The van der Waals surface area contributed by atoms with Gasteiger partial charge in [0.05, 0.1) is 27.0 Å². The number of carboxylic acids is 1. The van der Waals surface area contributed by atoms with Crippen LogP contribution in [0.5, 0.6) is 23.4 Å². The van der Waals surface area contributed by atoms with Gasteiger partial charge in [0.15, 0.2) is 18.1 Å². The Morgan fingerprint density at radius 3 is 2.52 bits per heavy atom. The summed E-state index contributed by atoms with van der Waals surface area (Å²) in [5, 5.41) is 8.84. The van der Waals surface area contributed by atoms with Crippen molar-refractivity contribution in [3.63, 3.8) is 0 Å². The van der Waals surface area contributed by atoms with Crippen LogP contribution in [0.2, 0.25) is 0 Å². The number of ether oxygens (including phenoxy) is 4. The van der Waals surface area contributed by atoms with E-state index in [0.717, 1.165) is 11.3 Å². The Morgan fingerprint density at radius 1 is 1.08 bits per heavy atom. The molecule has 1 aromatic heterocycles. The smallest absolute Gasteiger partial charge is 0.341 e. The van der Waals surface area contributed by atoms with Crippen molar-refractivity contribution in [3.8, 4) is 23.4 Å². The lowest BCUT2D eigenvalue weighted by molar-refractivity contribution is -0.139. The van der Waals surface area contributed by atoms with Crippen LogP contribution < -0.4 is 18.9 Å². The molecule has 0 spiro atoms. The maximum absolute atomic E-state index is 10.8. The van der Waals surface area contributed by atoms with Crippen molar-refractivity contribution in [1.29, 1.82) is 0 Å². The first-order chi connectivity index (χ1) is 12.1. The minimum absolute atomic E-state index is 0.224. The van der Waals surface area contributed by atoms with Crippen LogP contribution in [-0.2, 0) is 17.6 Å². The highest BCUT2D eigenvalue weighted by atomic mass is 16.5. The van der Waals surface area contributed by atoms with E-state index in [9.17, 15) is 4.79 Å². The predicted octanol–water partition coefficient (Wildman–Crippen LogP) is 1.75. The van der Waals surface area contributed by atoms with E-state index in [2.05, 4.69) is 9.97 Å². The minimum Gasteiger partial charge on any atom is -0.493 e. The topological polar surface area (TPSA) is 100 Å².